The zero-order valence-corrected chi connectivity index (χ0v) is 12.1. The van der Waals surface area contributed by atoms with Crippen LogP contribution in [-0.4, -0.2) is 53.7 Å². The summed E-state index contributed by atoms with van der Waals surface area (Å²) in [6.45, 7) is 4.94. The van der Waals surface area contributed by atoms with E-state index in [-0.39, 0.29) is 12.5 Å². The number of anilines is 1. The standard InChI is InChI=1S/C15H23N3O2/c1-2-17(10-11-19)15(20)13-6-7-14(16-12-13)18-8-4-3-5-9-18/h6-7,12,19H,2-5,8-11H2,1H3. The Morgan fingerprint density at radius 3 is 2.65 bits per heavy atom. The number of pyridine rings is 1. The monoisotopic (exact) mass is 277 g/mol. The van der Waals surface area contributed by atoms with E-state index in [0.717, 1.165) is 18.9 Å². The van der Waals surface area contributed by atoms with E-state index >= 15 is 0 Å². The highest BCUT2D eigenvalue weighted by Gasteiger charge is 2.16. The predicted molar refractivity (Wildman–Crippen MR) is 79.0 cm³/mol. The van der Waals surface area contributed by atoms with E-state index in [1.807, 2.05) is 19.1 Å². The van der Waals surface area contributed by atoms with Gasteiger partial charge in [-0.25, -0.2) is 4.98 Å². The predicted octanol–water partition coefficient (Wildman–Crippen LogP) is 1.53. The van der Waals surface area contributed by atoms with Gasteiger partial charge in [0.25, 0.3) is 5.91 Å². The molecule has 110 valence electrons. The molecule has 2 rings (SSSR count). The number of carbonyl (C=O) groups is 1. The quantitative estimate of drug-likeness (QED) is 0.886. The smallest absolute Gasteiger partial charge is 0.255 e. The van der Waals surface area contributed by atoms with Crippen molar-refractivity contribution in [1.82, 2.24) is 9.88 Å². The molecule has 20 heavy (non-hydrogen) atoms. The molecule has 1 aromatic heterocycles. The molecule has 1 aromatic rings. The van der Waals surface area contributed by atoms with Gasteiger partial charge in [0.05, 0.1) is 12.2 Å². The summed E-state index contributed by atoms with van der Waals surface area (Å²) >= 11 is 0. The number of carbonyl (C=O) groups excluding carboxylic acids is 1. The van der Waals surface area contributed by atoms with E-state index in [0.29, 0.717) is 18.7 Å². The van der Waals surface area contributed by atoms with E-state index < -0.39 is 0 Å². The highest BCUT2D eigenvalue weighted by Crippen LogP contribution is 2.17. The maximum Gasteiger partial charge on any atom is 0.255 e. The Morgan fingerprint density at radius 1 is 1.35 bits per heavy atom. The Balaban J connectivity index is 2.05. The van der Waals surface area contributed by atoms with E-state index in [9.17, 15) is 4.79 Å². The topological polar surface area (TPSA) is 56.7 Å². The molecule has 1 N–H and O–H groups in total. The Labute approximate surface area is 120 Å². The van der Waals surface area contributed by atoms with E-state index in [1.165, 1.54) is 19.3 Å². The number of nitrogens with zero attached hydrogens (tertiary/aromatic N) is 3. The summed E-state index contributed by atoms with van der Waals surface area (Å²) in [6, 6.07) is 3.75. The zero-order valence-electron chi connectivity index (χ0n) is 12.1. The minimum absolute atomic E-state index is 0.0150. The van der Waals surface area contributed by atoms with Crippen molar-refractivity contribution >= 4 is 11.7 Å². The van der Waals surface area contributed by atoms with Crippen molar-refractivity contribution in [3.63, 3.8) is 0 Å². The fourth-order valence-electron chi connectivity index (χ4n) is 2.53. The second kappa shape index (κ2) is 7.24. The number of rotatable bonds is 5. The molecule has 0 saturated carbocycles. The summed E-state index contributed by atoms with van der Waals surface area (Å²) in [5.74, 6) is 0.880. The molecule has 1 saturated heterocycles. The van der Waals surface area contributed by atoms with Gasteiger partial charge < -0.3 is 14.9 Å². The molecule has 0 spiro atoms. The lowest BCUT2D eigenvalue weighted by atomic mass is 10.1. The first-order valence-corrected chi connectivity index (χ1v) is 7.37. The minimum atomic E-state index is -0.0701. The number of piperidine rings is 1. The van der Waals surface area contributed by atoms with Crippen molar-refractivity contribution < 1.29 is 9.90 Å². The first-order valence-electron chi connectivity index (χ1n) is 7.37. The van der Waals surface area contributed by atoms with Crippen LogP contribution in [0.5, 0.6) is 0 Å². The molecule has 0 aliphatic carbocycles. The summed E-state index contributed by atoms with van der Waals surface area (Å²) in [7, 11) is 0. The number of hydrogen-bond acceptors (Lipinski definition) is 4. The van der Waals surface area contributed by atoms with Gasteiger partial charge in [-0.2, -0.15) is 0 Å². The third-order valence-electron chi connectivity index (χ3n) is 3.71. The van der Waals surface area contributed by atoms with E-state index in [4.69, 9.17) is 5.11 Å². The Hall–Kier alpha value is -1.62. The van der Waals surface area contributed by atoms with Crippen LogP contribution < -0.4 is 4.90 Å². The van der Waals surface area contributed by atoms with Crippen molar-refractivity contribution in [1.29, 1.82) is 0 Å². The number of hydrogen-bond donors (Lipinski definition) is 1. The van der Waals surface area contributed by atoms with Crippen molar-refractivity contribution in [2.75, 3.05) is 37.7 Å². The normalized spacial score (nSPS) is 15.2. The van der Waals surface area contributed by atoms with Crippen LogP contribution in [0.25, 0.3) is 0 Å². The summed E-state index contributed by atoms with van der Waals surface area (Å²) in [5.41, 5.74) is 0.584. The van der Waals surface area contributed by atoms with Crippen LogP contribution in [0.4, 0.5) is 5.82 Å². The SMILES string of the molecule is CCN(CCO)C(=O)c1ccc(N2CCCCC2)nc1. The Kier molecular flexibility index (Phi) is 5.35. The molecule has 0 unspecified atom stereocenters. The molecule has 0 aromatic carbocycles. The fourth-order valence-corrected chi connectivity index (χ4v) is 2.53. The molecular weight excluding hydrogens is 254 g/mol. The molecular formula is C15H23N3O2. The Bertz CT molecular complexity index is 427. The molecule has 1 aliphatic rings. The van der Waals surface area contributed by atoms with Gasteiger partial charge in [-0.05, 0) is 38.3 Å². The first kappa shape index (κ1) is 14.8. The molecule has 0 bridgehead atoms. The highest BCUT2D eigenvalue weighted by molar-refractivity contribution is 5.94. The molecule has 5 heteroatoms. The van der Waals surface area contributed by atoms with Gasteiger partial charge in [0.1, 0.15) is 5.82 Å². The number of likely N-dealkylation sites (N-methyl/N-ethyl adjacent to an activating group) is 1. The van der Waals surface area contributed by atoms with Crippen molar-refractivity contribution in [3.05, 3.63) is 23.9 Å². The lowest BCUT2D eigenvalue weighted by Gasteiger charge is -2.27. The molecule has 0 atom stereocenters. The van der Waals surface area contributed by atoms with Crippen LogP contribution in [0, 0.1) is 0 Å². The number of aliphatic hydroxyl groups is 1. The van der Waals surface area contributed by atoms with Crippen LogP contribution >= 0.6 is 0 Å². The lowest BCUT2D eigenvalue weighted by molar-refractivity contribution is 0.0731. The first-order chi connectivity index (χ1) is 9.76. The van der Waals surface area contributed by atoms with Crippen LogP contribution in [-0.2, 0) is 0 Å². The molecule has 1 amide bonds. The third kappa shape index (κ3) is 3.48. The maximum absolute atomic E-state index is 12.2. The van der Waals surface area contributed by atoms with Crippen LogP contribution in [0.1, 0.15) is 36.5 Å². The average molecular weight is 277 g/mol. The number of amides is 1. The average Bonchev–Trinajstić information content (AvgIpc) is 2.53. The number of aromatic nitrogens is 1. The molecule has 2 heterocycles. The summed E-state index contributed by atoms with van der Waals surface area (Å²) in [4.78, 5) is 20.5. The summed E-state index contributed by atoms with van der Waals surface area (Å²) in [5, 5.41) is 8.96. The van der Waals surface area contributed by atoms with Crippen molar-refractivity contribution in [3.8, 4) is 0 Å². The minimum Gasteiger partial charge on any atom is -0.395 e. The van der Waals surface area contributed by atoms with Gasteiger partial charge in [-0.3, -0.25) is 4.79 Å². The highest BCUT2D eigenvalue weighted by atomic mass is 16.3. The second-order valence-corrected chi connectivity index (χ2v) is 5.06. The van der Waals surface area contributed by atoms with Crippen molar-refractivity contribution in [2.24, 2.45) is 0 Å². The lowest BCUT2D eigenvalue weighted by Crippen LogP contribution is -2.33. The van der Waals surface area contributed by atoms with E-state index in [1.54, 1.807) is 11.1 Å². The largest absolute Gasteiger partial charge is 0.395 e. The van der Waals surface area contributed by atoms with Crippen molar-refractivity contribution in [2.45, 2.75) is 26.2 Å². The Morgan fingerprint density at radius 2 is 2.10 bits per heavy atom. The van der Waals surface area contributed by atoms with Crippen LogP contribution in [0.3, 0.4) is 0 Å². The summed E-state index contributed by atoms with van der Waals surface area (Å²) in [6.07, 6.45) is 5.36. The van der Waals surface area contributed by atoms with Gasteiger partial charge in [-0.1, -0.05) is 0 Å². The van der Waals surface area contributed by atoms with Gasteiger partial charge >= 0.3 is 0 Å². The zero-order chi connectivity index (χ0) is 14.4. The molecule has 1 fully saturated rings. The van der Waals surface area contributed by atoms with Crippen LogP contribution in [0.2, 0.25) is 0 Å². The van der Waals surface area contributed by atoms with Gasteiger partial charge in [0, 0.05) is 32.4 Å². The van der Waals surface area contributed by atoms with Crippen LogP contribution in [0.15, 0.2) is 18.3 Å². The van der Waals surface area contributed by atoms with Gasteiger partial charge in [0.15, 0.2) is 0 Å². The molecule has 1 aliphatic heterocycles. The van der Waals surface area contributed by atoms with Gasteiger partial charge in [-0.15, -0.1) is 0 Å². The second-order valence-electron chi connectivity index (χ2n) is 5.06. The van der Waals surface area contributed by atoms with Gasteiger partial charge in [0.2, 0.25) is 0 Å². The fraction of sp³-hybridized carbons (Fsp3) is 0.600. The summed E-state index contributed by atoms with van der Waals surface area (Å²) < 4.78 is 0. The molecule has 0 radical (unpaired) electrons. The third-order valence-corrected chi connectivity index (χ3v) is 3.71. The molecule has 5 nitrogen and oxygen atoms in total. The maximum atomic E-state index is 12.2. The van der Waals surface area contributed by atoms with E-state index in [2.05, 4.69) is 9.88 Å². The number of aliphatic hydroxyl groups excluding tert-OH is 1.